The quantitative estimate of drug-likeness (QED) is 0.836. The van der Waals surface area contributed by atoms with Crippen molar-refractivity contribution < 1.29 is 9.53 Å². The Labute approximate surface area is 155 Å². The van der Waals surface area contributed by atoms with Gasteiger partial charge in [0.15, 0.2) is 0 Å². The van der Waals surface area contributed by atoms with Gasteiger partial charge in [-0.2, -0.15) is 0 Å². The van der Waals surface area contributed by atoms with E-state index in [1.54, 1.807) is 0 Å². The Balaban J connectivity index is 1.50. The van der Waals surface area contributed by atoms with Gasteiger partial charge >= 0.3 is 6.09 Å². The highest BCUT2D eigenvalue weighted by Gasteiger charge is 2.56. The van der Waals surface area contributed by atoms with Gasteiger partial charge in [-0.15, -0.1) is 0 Å². The largest absolute Gasteiger partial charge is 0.444 e. The van der Waals surface area contributed by atoms with Crippen LogP contribution in [0.2, 0.25) is 0 Å². The summed E-state index contributed by atoms with van der Waals surface area (Å²) in [5.41, 5.74) is 2.16. The fourth-order valence-corrected chi connectivity index (χ4v) is 3.96. The molecular weight excluding hydrogens is 324 g/mol. The minimum atomic E-state index is -0.442. The van der Waals surface area contributed by atoms with Gasteiger partial charge in [-0.05, 0) is 31.9 Å². The molecule has 26 heavy (non-hydrogen) atoms. The van der Waals surface area contributed by atoms with E-state index in [4.69, 9.17) is 4.74 Å². The summed E-state index contributed by atoms with van der Waals surface area (Å²) in [5, 5.41) is 0. The summed E-state index contributed by atoms with van der Waals surface area (Å²) in [7, 11) is 0. The van der Waals surface area contributed by atoms with Crippen molar-refractivity contribution in [3.63, 3.8) is 0 Å². The summed E-state index contributed by atoms with van der Waals surface area (Å²) in [6.07, 6.45) is -0.186. The number of rotatable bonds is 3. The molecule has 0 aliphatic carbocycles. The molecule has 0 radical (unpaired) electrons. The number of carbonyl (C=O) groups excluding carboxylic acids is 1. The molecule has 0 bridgehead atoms. The third-order valence-corrected chi connectivity index (χ3v) is 5.24. The molecule has 2 aromatic carbocycles. The molecule has 4 heteroatoms. The number of hydrogen-bond donors (Lipinski definition) is 0. The fraction of sp³-hybridized carbons (Fsp3) is 0.409. The second kappa shape index (κ2) is 6.44. The zero-order valence-corrected chi connectivity index (χ0v) is 15.6. The standard InChI is InChI=1S/C22H26N2O2/c1-22(2,3)26-21(25)24-15-18-19(24)14-23(18)20(16-10-6-4-7-11-16)17-12-8-5-9-13-17/h4-13,18-20H,14-15H2,1-3H3. The van der Waals surface area contributed by atoms with Gasteiger partial charge in [0.2, 0.25) is 0 Å². The molecule has 2 fully saturated rings. The molecule has 2 heterocycles. The number of ether oxygens (including phenoxy) is 1. The van der Waals surface area contributed by atoms with Gasteiger partial charge in [0.1, 0.15) is 5.60 Å². The Bertz CT molecular complexity index is 730. The molecule has 2 aliphatic heterocycles. The minimum absolute atomic E-state index is 0.186. The average molecular weight is 350 g/mol. The maximum Gasteiger partial charge on any atom is 0.410 e. The average Bonchev–Trinajstić information content (AvgIpc) is 2.59. The van der Waals surface area contributed by atoms with Crippen molar-refractivity contribution in [3.05, 3.63) is 71.8 Å². The van der Waals surface area contributed by atoms with Crippen molar-refractivity contribution in [1.29, 1.82) is 0 Å². The smallest absolute Gasteiger partial charge is 0.410 e. The van der Waals surface area contributed by atoms with Crippen molar-refractivity contribution in [2.24, 2.45) is 0 Å². The van der Waals surface area contributed by atoms with E-state index in [9.17, 15) is 4.79 Å². The normalized spacial score (nSPS) is 22.4. The van der Waals surface area contributed by atoms with E-state index in [2.05, 4.69) is 65.6 Å². The van der Waals surface area contributed by atoms with Crippen LogP contribution in [-0.4, -0.2) is 46.7 Å². The van der Waals surface area contributed by atoms with Crippen molar-refractivity contribution in [2.75, 3.05) is 13.1 Å². The third kappa shape index (κ3) is 3.10. The first-order valence-corrected chi connectivity index (χ1v) is 9.29. The van der Waals surface area contributed by atoms with Crippen LogP contribution in [0.25, 0.3) is 0 Å². The SMILES string of the molecule is CC(C)(C)OC(=O)N1CC2C1CN2C(c1ccccc1)c1ccccc1. The van der Waals surface area contributed by atoms with Gasteiger partial charge in [0, 0.05) is 13.1 Å². The molecule has 2 atom stereocenters. The molecule has 0 N–H and O–H groups in total. The van der Waals surface area contributed by atoms with Crippen LogP contribution in [0.15, 0.2) is 60.7 Å². The fourth-order valence-electron chi connectivity index (χ4n) is 3.96. The van der Waals surface area contributed by atoms with Gasteiger partial charge in [-0.1, -0.05) is 60.7 Å². The van der Waals surface area contributed by atoms with E-state index in [1.165, 1.54) is 11.1 Å². The second-order valence-electron chi connectivity index (χ2n) is 8.19. The van der Waals surface area contributed by atoms with E-state index < -0.39 is 5.60 Å². The van der Waals surface area contributed by atoms with Crippen LogP contribution in [0.1, 0.15) is 37.9 Å². The molecule has 2 saturated heterocycles. The second-order valence-corrected chi connectivity index (χ2v) is 8.19. The molecule has 1 amide bonds. The predicted octanol–water partition coefficient (Wildman–Crippen LogP) is 4.08. The third-order valence-electron chi connectivity index (χ3n) is 5.24. The first-order valence-electron chi connectivity index (χ1n) is 9.29. The summed E-state index contributed by atoms with van der Waals surface area (Å²) < 4.78 is 5.53. The summed E-state index contributed by atoms with van der Waals surface area (Å²) in [6, 6.07) is 22.2. The van der Waals surface area contributed by atoms with Crippen LogP contribution in [0, 0.1) is 0 Å². The van der Waals surface area contributed by atoms with Gasteiger partial charge in [0.05, 0.1) is 18.1 Å². The Morgan fingerprint density at radius 3 is 1.88 bits per heavy atom. The number of nitrogens with zero attached hydrogens (tertiary/aromatic N) is 2. The monoisotopic (exact) mass is 350 g/mol. The number of benzene rings is 2. The Morgan fingerprint density at radius 1 is 0.923 bits per heavy atom. The lowest BCUT2D eigenvalue weighted by molar-refractivity contribution is -0.132. The van der Waals surface area contributed by atoms with Crippen LogP contribution >= 0.6 is 0 Å². The van der Waals surface area contributed by atoms with Gasteiger partial charge in [0.25, 0.3) is 0 Å². The van der Waals surface area contributed by atoms with E-state index in [0.717, 1.165) is 13.1 Å². The van der Waals surface area contributed by atoms with Gasteiger partial charge in [-0.25, -0.2) is 4.79 Å². The summed E-state index contributed by atoms with van der Waals surface area (Å²) in [4.78, 5) is 16.7. The first kappa shape index (κ1) is 17.1. The zero-order valence-electron chi connectivity index (χ0n) is 15.6. The first-order chi connectivity index (χ1) is 12.4. The summed E-state index contributed by atoms with van der Waals surface area (Å²) in [5.74, 6) is 0. The van der Waals surface area contributed by atoms with E-state index in [1.807, 2.05) is 25.7 Å². The number of hydrogen-bond acceptors (Lipinski definition) is 3. The van der Waals surface area contributed by atoms with E-state index >= 15 is 0 Å². The predicted molar refractivity (Wildman–Crippen MR) is 102 cm³/mol. The van der Waals surface area contributed by atoms with E-state index in [-0.39, 0.29) is 18.2 Å². The zero-order chi connectivity index (χ0) is 18.3. The molecule has 2 unspecified atom stereocenters. The maximum atomic E-state index is 12.3. The van der Waals surface area contributed by atoms with Crippen LogP contribution < -0.4 is 0 Å². The molecule has 2 aromatic rings. The Hall–Kier alpha value is -2.33. The van der Waals surface area contributed by atoms with Gasteiger partial charge in [-0.3, -0.25) is 4.90 Å². The van der Waals surface area contributed by atoms with Crippen LogP contribution in [0.4, 0.5) is 4.79 Å². The number of carbonyl (C=O) groups is 1. The van der Waals surface area contributed by atoms with Crippen LogP contribution in [0.3, 0.4) is 0 Å². The topological polar surface area (TPSA) is 32.8 Å². The molecule has 4 rings (SSSR count). The lowest BCUT2D eigenvalue weighted by Crippen LogP contribution is -2.80. The summed E-state index contributed by atoms with van der Waals surface area (Å²) in [6.45, 7) is 7.37. The maximum absolute atomic E-state index is 12.3. The highest BCUT2D eigenvalue weighted by Crippen LogP contribution is 2.42. The van der Waals surface area contributed by atoms with Crippen LogP contribution in [0.5, 0.6) is 0 Å². The number of amides is 1. The highest BCUT2D eigenvalue weighted by molar-refractivity contribution is 5.70. The molecular formula is C22H26N2O2. The summed E-state index contributed by atoms with van der Waals surface area (Å²) >= 11 is 0. The van der Waals surface area contributed by atoms with E-state index in [0.29, 0.717) is 6.04 Å². The van der Waals surface area contributed by atoms with Crippen molar-refractivity contribution in [1.82, 2.24) is 9.80 Å². The van der Waals surface area contributed by atoms with Crippen molar-refractivity contribution in [3.8, 4) is 0 Å². The Kier molecular flexibility index (Phi) is 4.23. The lowest BCUT2D eigenvalue weighted by Gasteiger charge is -2.63. The molecule has 0 spiro atoms. The highest BCUT2D eigenvalue weighted by atomic mass is 16.6. The molecule has 136 valence electrons. The Morgan fingerprint density at radius 2 is 1.46 bits per heavy atom. The number of fused-ring (bicyclic) bond motifs is 1. The van der Waals surface area contributed by atoms with Crippen molar-refractivity contribution in [2.45, 2.75) is 44.5 Å². The lowest BCUT2D eigenvalue weighted by atomic mass is 9.81. The number of likely N-dealkylation sites (tertiary alicyclic amines) is 2. The molecule has 4 nitrogen and oxygen atoms in total. The van der Waals surface area contributed by atoms with Gasteiger partial charge < -0.3 is 9.64 Å². The molecule has 0 saturated carbocycles. The molecule has 2 aliphatic rings. The van der Waals surface area contributed by atoms with Crippen molar-refractivity contribution >= 4 is 6.09 Å². The van der Waals surface area contributed by atoms with Crippen LogP contribution in [-0.2, 0) is 4.74 Å². The number of piperazine rings is 1. The molecule has 0 aromatic heterocycles. The minimum Gasteiger partial charge on any atom is -0.444 e.